The van der Waals surface area contributed by atoms with E-state index in [1.165, 1.54) is 5.56 Å². The van der Waals surface area contributed by atoms with Crippen molar-refractivity contribution in [2.75, 3.05) is 19.8 Å². The zero-order valence-corrected chi connectivity index (χ0v) is 30.0. The van der Waals surface area contributed by atoms with Crippen molar-refractivity contribution >= 4 is 23.6 Å². The van der Waals surface area contributed by atoms with Gasteiger partial charge in [0.15, 0.2) is 0 Å². The number of aryl methyl sites for hydroxylation is 2. The number of carbonyl (C=O) groups excluding carboxylic acids is 4. The van der Waals surface area contributed by atoms with Crippen LogP contribution < -0.4 is 27.0 Å². The average molecular weight is 697 g/mol. The van der Waals surface area contributed by atoms with Gasteiger partial charge in [0.2, 0.25) is 23.6 Å². The molecule has 4 amide bonds. The third-order valence-electron chi connectivity index (χ3n) is 9.81. The normalized spacial score (nSPS) is 18.2. The number of pyridine rings is 1. The van der Waals surface area contributed by atoms with Crippen molar-refractivity contribution in [2.45, 2.75) is 83.5 Å². The highest BCUT2D eigenvalue weighted by atomic mass is 16.5. The number of aromatic nitrogens is 1. The minimum absolute atomic E-state index is 0.111. The first-order valence-electron chi connectivity index (χ1n) is 18.0. The van der Waals surface area contributed by atoms with E-state index in [9.17, 15) is 19.2 Å². The van der Waals surface area contributed by atoms with Gasteiger partial charge in [0.05, 0.1) is 42.3 Å². The van der Waals surface area contributed by atoms with E-state index in [0.717, 1.165) is 36.1 Å². The second kappa shape index (κ2) is 17.1. The number of nitrogens with zero attached hydrogens (tertiary/aromatic N) is 1. The van der Waals surface area contributed by atoms with Crippen molar-refractivity contribution in [3.63, 3.8) is 0 Å². The van der Waals surface area contributed by atoms with Gasteiger partial charge in [-0.3, -0.25) is 24.2 Å². The third kappa shape index (κ3) is 10.2. The van der Waals surface area contributed by atoms with Crippen LogP contribution >= 0.6 is 0 Å². The fraction of sp³-hybridized carbons (Fsp3) is 0.475. The number of hydrogen-bond acceptors (Lipinski definition) is 7. The van der Waals surface area contributed by atoms with E-state index in [-0.39, 0.29) is 42.9 Å². The quantitative estimate of drug-likeness (QED) is 0.153. The molecule has 11 heteroatoms. The lowest BCUT2D eigenvalue weighted by atomic mass is 9.71. The van der Waals surface area contributed by atoms with Gasteiger partial charge < -0.3 is 31.7 Å². The van der Waals surface area contributed by atoms with Gasteiger partial charge >= 0.3 is 0 Å². The summed E-state index contributed by atoms with van der Waals surface area (Å²) < 4.78 is 5.62. The molecule has 3 aromatic rings. The highest BCUT2D eigenvalue weighted by Crippen LogP contribution is 2.35. The van der Waals surface area contributed by atoms with Crippen LogP contribution in [0.2, 0.25) is 0 Å². The number of fused-ring (bicyclic) bond motifs is 1. The van der Waals surface area contributed by atoms with Gasteiger partial charge in [-0.15, -0.1) is 0 Å². The fourth-order valence-corrected chi connectivity index (χ4v) is 7.02. The summed E-state index contributed by atoms with van der Waals surface area (Å²) in [4.78, 5) is 59.9. The highest BCUT2D eigenvalue weighted by molar-refractivity contribution is 5.94. The molecule has 2 heterocycles. The summed E-state index contributed by atoms with van der Waals surface area (Å²) in [5.74, 6) is -4.35. The van der Waals surface area contributed by atoms with Gasteiger partial charge in [-0.2, -0.15) is 0 Å². The molecule has 1 aliphatic carbocycles. The molecular weight excluding hydrogens is 644 g/mol. The number of benzene rings is 2. The Labute approximate surface area is 300 Å². The molecule has 0 bridgehead atoms. The van der Waals surface area contributed by atoms with Gasteiger partial charge in [-0.05, 0) is 66.3 Å². The van der Waals surface area contributed by atoms with Crippen LogP contribution in [0.1, 0.15) is 74.9 Å². The van der Waals surface area contributed by atoms with Gasteiger partial charge in [-0.25, -0.2) is 0 Å². The molecule has 2 aromatic carbocycles. The maximum atomic E-state index is 14.5. The van der Waals surface area contributed by atoms with Crippen LogP contribution in [0.4, 0.5) is 0 Å². The molecule has 1 saturated heterocycles. The van der Waals surface area contributed by atoms with Crippen molar-refractivity contribution in [1.82, 2.24) is 26.3 Å². The number of hydrogen-bond donors (Lipinski definition) is 5. The predicted molar refractivity (Wildman–Crippen MR) is 195 cm³/mol. The first-order valence-corrected chi connectivity index (χ1v) is 18.0. The molecule has 0 radical (unpaired) electrons. The lowest BCUT2D eigenvalue weighted by Gasteiger charge is -2.48. The Morgan fingerprint density at radius 3 is 2.35 bits per heavy atom. The molecule has 0 saturated carbocycles. The molecule has 1 aliphatic heterocycles. The van der Waals surface area contributed by atoms with Crippen LogP contribution in [0.5, 0.6) is 0 Å². The molecule has 0 spiro atoms. The first kappa shape index (κ1) is 37.6. The molecule has 272 valence electrons. The van der Waals surface area contributed by atoms with Crippen LogP contribution in [-0.2, 0) is 43.3 Å². The van der Waals surface area contributed by atoms with Gasteiger partial charge in [0.1, 0.15) is 6.04 Å². The summed E-state index contributed by atoms with van der Waals surface area (Å²) in [6.07, 6.45) is 4.88. The maximum Gasteiger partial charge on any atom is 0.243 e. The monoisotopic (exact) mass is 696 g/mol. The van der Waals surface area contributed by atoms with Crippen LogP contribution in [0, 0.1) is 17.3 Å². The number of amides is 4. The molecular formula is C40H52N6O5. The van der Waals surface area contributed by atoms with Crippen LogP contribution in [0.25, 0.3) is 0 Å². The van der Waals surface area contributed by atoms with Crippen molar-refractivity contribution in [2.24, 2.45) is 23.0 Å². The zero-order chi connectivity index (χ0) is 36.4. The Morgan fingerprint density at radius 1 is 0.961 bits per heavy atom. The van der Waals surface area contributed by atoms with Crippen molar-refractivity contribution in [3.8, 4) is 0 Å². The van der Waals surface area contributed by atoms with Gasteiger partial charge in [0.25, 0.3) is 0 Å². The van der Waals surface area contributed by atoms with E-state index in [1.807, 2.05) is 87.5 Å². The fourth-order valence-electron chi connectivity index (χ4n) is 7.02. The minimum Gasteiger partial charge on any atom is -0.377 e. The Bertz CT molecular complexity index is 1640. The molecule has 11 nitrogen and oxygen atoms in total. The van der Waals surface area contributed by atoms with Crippen LogP contribution in [0.3, 0.4) is 0 Å². The number of rotatable bonds is 16. The maximum absolute atomic E-state index is 14.5. The Hall–Kier alpha value is -4.61. The number of primary amides is 1. The minimum atomic E-state index is -1.19. The third-order valence-corrected chi connectivity index (χ3v) is 9.81. The van der Waals surface area contributed by atoms with Crippen molar-refractivity contribution in [1.29, 1.82) is 0 Å². The van der Waals surface area contributed by atoms with Gasteiger partial charge in [0, 0.05) is 25.7 Å². The predicted octanol–water partition coefficient (Wildman–Crippen LogP) is 3.52. The van der Waals surface area contributed by atoms with E-state index in [2.05, 4.69) is 32.3 Å². The summed E-state index contributed by atoms with van der Waals surface area (Å²) in [5.41, 5.74) is 8.92. The van der Waals surface area contributed by atoms with E-state index in [4.69, 9.17) is 10.5 Å². The van der Waals surface area contributed by atoms with E-state index in [1.54, 1.807) is 6.20 Å². The van der Waals surface area contributed by atoms with Gasteiger partial charge in [-0.1, -0.05) is 81.4 Å². The number of carbonyl (C=O) groups is 4. The summed E-state index contributed by atoms with van der Waals surface area (Å²) in [7, 11) is 0. The SMILES string of the molecule is CC(C)(C)CNC(=O)C[C@H](C(=O)N[C@@H](CCc1ccccc1)C(=O)N[C@@H]1CCCc2ccccc21)C(C(N)=O)C1(NCc2ccccn2)COC1. The topological polar surface area (TPSA) is 165 Å². The molecule has 6 N–H and O–H groups in total. The lowest BCUT2D eigenvalue weighted by Crippen LogP contribution is -2.70. The van der Waals surface area contributed by atoms with E-state index < -0.39 is 35.2 Å². The molecule has 51 heavy (non-hydrogen) atoms. The molecule has 1 unspecified atom stereocenters. The molecule has 1 aromatic heterocycles. The first-order chi connectivity index (χ1) is 24.4. The molecule has 4 atom stereocenters. The molecule has 2 aliphatic rings. The van der Waals surface area contributed by atoms with E-state index >= 15 is 0 Å². The average Bonchev–Trinajstić information content (AvgIpc) is 3.10. The Morgan fingerprint density at radius 2 is 1.69 bits per heavy atom. The number of nitrogens with two attached hydrogens (primary N) is 1. The summed E-state index contributed by atoms with van der Waals surface area (Å²) >= 11 is 0. The van der Waals surface area contributed by atoms with Crippen molar-refractivity contribution in [3.05, 3.63) is 101 Å². The summed E-state index contributed by atoms with van der Waals surface area (Å²) in [6.45, 7) is 6.87. The molecule has 5 rings (SSSR count). The van der Waals surface area contributed by atoms with Crippen LogP contribution in [-0.4, -0.2) is 60.0 Å². The largest absolute Gasteiger partial charge is 0.377 e. The van der Waals surface area contributed by atoms with Crippen LogP contribution in [0.15, 0.2) is 79.0 Å². The second-order valence-electron chi connectivity index (χ2n) is 15.1. The summed E-state index contributed by atoms with van der Waals surface area (Å²) in [6, 6.07) is 22.3. The Balaban J connectivity index is 1.42. The number of nitrogens with one attached hydrogen (secondary N) is 4. The summed E-state index contributed by atoms with van der Waals surface area (Å²) in [5, 5.41) is 12.5. The molecule has 1 fully saturated rings. The zero-order valence-electron chi connectivity index (χ0n) is 30.0. The van der Waals surface area contributed by atoms with E-state index in [0.29, 0.717) is 25.9 Å². The smallest absolute Gasteiger partial charge is 0.243 e. The Kier molecular flexibility index (Phi) is 12.6. The number of ether oxygens (including phenoxy) is 1. The van der Waals surface area contributed by atoms with Crippen molar-refractivity contribution < 1.29 is 23.9 Å². The highest BCUT2D eigenvalue weighted by Gasteiger charge is 2.54. The standard InChI is InChI=1S/C40H52N6O5/c1-39(2,3)24-43-34(47)22-31(35(36(41)48)40(25-51-26-40)44-23-29-16-9-10-21-42-29)37(49)46-33(20-19-27-12-5-4-6-13-27)38(50)45-32-18-11-15-28-14-7-8-17-30(28)32/h4-10,12-14,16-17,21,31-33,35,44H,11,15,18-20,22-26H2,1-3H3,(H2,41,48)(H,43,47)(H,45,50)(H,46,49)/t31-,32+,33-,35?/m0/s1. The second-order valence-corrected chi connectivity index (χ2v) is 15.1. The lowest BCUT2D eigenvalue weighted by molar-refractivity contribution is -0.156.